The smallest absolute Gasteiger partial charge is 0.317 e. The highest BCUT2D eigenvalue weighted by molar-refractivity contribution is 5.74. The molecule has 0 aliphatic carbocycles. The first-order chi connectivity index (χ1) is 9.02. The van der Waals surface area contributed by atoms with Gasteiger partial charge in [-0.1, -0.05) is 6.92 Å². The van der Waals surface area contributed by atoms with Crippen LogP contribution in [-0.2, 0) is 9.53 Å². The van der Waals surface area contributed by atoms with Crippen molar-refractivity contribution in [1.29, 1.82) is 0 Å². The Bertz CT molecular complexity index is 301. The summed E-state index contributed by atoms with van der Waals surface area (Å²) in [6.07, 6.45) is 2.57. The minimum absolute atomic E-state index is 0.0154. The third kappa shape index (κ3) is 5.92. The highest BCUT2D eigenvalue weighted by Gasteiger charge is 2.23. The lowest BCUT2D eigenvalue weighted by Gasteiger charge is -2.32. The third-order valence-electron chi connectivity index (χ3n) is 3.38. The number of piperidine rings is 1. The number of carboxylic acids is 1. The Hall–Kier alpha value is -1.30. The molecule has 19 heavy (non-hydrogen) atoms. The van der Waals surface area contributed by atoms with Crippen LogP contribution in [-0.4, -0.2) is 53.8 Å². The lowest BCUT2D eigenvalue weighted by molar-refractivity contribution is -0.138. The van der Waals surface area contributed by atoms with Crippen LogP contribution in [0.1, 0.15) is 39.5 Å². The number of hydrogen-bond acceptors (Lipinski definition) is 3. The van der Waals surface area contributed by atoms with Crippen molar-refractivity contribution >= 4 is 12.0 Å². The molecule has 0 bridgehead atoms. The molecule has 0 saturated carbocycles. The Morgan fingerprint density at radius 3 is 2.58 bits per heavy atom. The van der Waals surface area contributed by atoms with E-state index >= 15 is 0 Å². The first-order valence-electron chi connectivity index (χ1n) is 6.91. The van der Waals surface area contributed by atoms with Gasteiger partial charge >= 0.3 is 12.0 Å². The normalized spacial score (nSPS) is 18.1. The minimum atomic E-state index is -0.842. The van der Waals surface area contributed by atoms with Gasteiger partial charge in [-0.15, -0.1) is 0 Å². The van der Waals surface area contributed by atoms with E-state index < -0.39 is 5.97 Å². The highest BCUT2D eigenvalue weighted by Crippen LogP contribution is 2.14. The maximum Gasteiger partial charge on any atom is 0.317 e. The Kier molecular flexibility index (Phi) is 6.62. The van der Waals surface area contributed by atoms with E-state index in [9.17, 15) is 9.59 Å². The number of nitrogens with one attached hydrogen (secondary N) is 1. The summed E-state index contributed by atoms with van der Waals surface area (Å²) < 4.78 is 5.48. The van der Waals surface area contributed by atoms with Crippen LogP contribution < -0.4 is 5.32 Å². The fraction of sp³-hybridized carbons (Fsp3) is 0.846. The standard InChI is InChI=1S/C13H24N2O4/c1-3-10(2)14-13(18)15-7-4-11(5-8-15)19-9-6-12(16)17/h10-11H,3-9H2,1-2H3,(H,14,18)(H,16,17). The predicted octanol–water partition coefficient (Wildman–Crippen LogP) is 1.45. The maximum absolute atomic E-state index is 11.9. The van der Waals surface area contributed by atoms with E-state index in [4.69, 9.17) is 9.84 Å². The second kappa shape index (κ2) is 7.99. The molecule has 1 saturated heterocycles. The molecule has 1 atom stereocenters. The molecule has 0 spiro atoms. The number of likely N-dealkylation sites (tertiary alicyclic amines) is 1. The molecule has 0 aromatic carbocycles. The van der Waals surface area contributed by atoms with Gasteiger partial charge in [0.15, 0.2) is 0 Å². The van der Waals surface area contributed by atoms with Crippen molar-refractivity contribution in [2.24, 2.45) is 0 Å². The van der Waals surface area contributed by atoms with E-state index in [0.29, 0.717) is 13.1 Å². The zero-order valence-electron chi connectivity index (χ0n) is 11.7. The molecule has 1 aliphatic heterocycles. The van der Waals surface area contributed by atoms with Crippen LogP contribution in [0.15, 0.2) is 0 Å². The highest BCUT2D eigenvalue weighted by atomic mass is 16.5. The summed E-state index contributed by atoms with van der Waals surface area (Å²) >= 11 is 0. The van der Waals surface area contributed by atoms with Crippen molar-refractivity contribution in [2.45, 2.75) is 51.7 Å². The van der Waals surface area contributed by atoms with Crippen molar-refractivity contribution in [3.05, 3.63) is 0 Å². The average molecular weight is 272 g/mol. The number of ether oxygens (including phenoxy) is 1. The van der Waals surface area contributed by atoms with Crippen LogP contribution in [0.2, 0.25) is 0 Å². The molecule has 110 valence electrons. The Morgan fingerprint density at radius 1 is 1.42 bits per heavy atom. The Morgan fingerprint density at radius 2 is 2.05 bits per heavy atom. The van der Waals surface area contributed by atoms with Gasteiger partial charge in [-0.05, 0) is 26.2 Å². The number of rotatable bonds is 6. The third-order valence-corrected chi connectivity index (χ3v) is 3.38. The molecule has 6 nitrogen and oxygen atoms in total. The first-order valence-corrected chi connectivity index (χ1v) is 6.91. The molecule has 1 fully saturated rings. The molecule has 0 aromatic rings. The molecule has 0 aromatic heterocycles. The van der Waals surface area contributed by atoms with Gasteiger partial charge in [0.2, 0.25) is 0 Å². The Balaban J connectivity index is 2.21. The number of hydrogen-bond donors (Lipinski definition) is 2. The van der Waals surface area contributed by atoms with Crippen molar-refractivity contribution in [2.75, 3.05) is 19.7 Å². The van der Waals surface area contributed by atoms with Crippen molar-refractivity contribution in [1.82, 2.24) is 10.2 Å². The molecular formula is C13H24N2O4. The summed E-state index contributed by atoms with van der Waals surface area (Å²) in [6.45, 7) is 5.60. The van der Waals surface area contributed by atoms with E-state index in [1.807, 2.05) is 13.8 Å². The largest absolute Gasteiger partial charge is 0.481 e. The molecule has 0 radical (unpaired) electrons. The van der Waals surface area contributed by atoms with Gasteiger partial charge in [0.25, 0.3) is 0 Å². The topological polar surface area (TPSA) is 78.9 Å². The summed E-state index contributed by atoms with van der Waals surface area (Å²) in [5.74, 6) is -0.842. The van der Waals surface area contributed by atoms with E-state index in [0.717, 1.165) is 19.3 Å². The lowest BCUT2D eigenvalue weighted by Crippen LogP contribution is -2.48. The molecule has 6 heteroatoms. The molecule has 1 aliphatic rings. The second-order valence-corrected chi connectivity index (χ2v) is 4.96. The SMILES string of the molecule is CCC(C)NC(=O)N1CCC(OCCC(=O)O)CC1. The number of aliphatic carboxylic acids is 1. The maximum atomic E-state index is 11.9. The van der Waals surface area contributed by atoms with Gasteiger partial charge in [0, 0.05) is 19.1 Å². The van der Waals surface area contributed by atoms with E-state index in [1.54, 1.807) is 4.90 Å². The van der Waals surface area contributed by atoms with E-state index in [2.05, 4.69) is 5.32 Å². The van der Waals surface area contributed by atoms with Crippen LogP contribution in [0.4, 0.5) is 4.79 Å². The predicted molar refractivity (Wildman–Crippen MR) is 71.1 cm³/mol. The minimum Gasteiger partial charge on any atom is -0.481 e. The molecule has 1 rings (SSSR count). The quantitative estimate of drug-likeness (QED) is 0.767. The number of carbonyl (C=O) groups is 2. The zero-order chi connectivity index (χ0) is 14.3. The fourth-order valence-electron chi connectivity index (χ4n) is 1.94. The summed E-state index contributed by atoms with van der Waals surface area (Å²) in [6, 6.07) is 0.176. The van der Waals surface area contributed by atoms with Crippen LogP contribution >= 0.6 is 0 Å². The summed E-state index contributed by atoms with van der Waals surface area (Å²) in [5, 5.41) is 11.5. The van der Waals surface area contributed by atoms with Crippen LogP contribution in [0.5, 0.6) is 0 Å². The van der Waals surface area contributed by atoms with Gasteiger partial charge in [-0.2, -0.15) is 0 Å². The van der Waals surface area contributed by atoms with Crippen LogP contribution in [0, 0.1) is 0 Å². The average Bonchev–Trinajstić information content (AvgIpc) is 2.38. The fourth-order valence-corrected chi connectivity index (χ4v) is 1.94. The van der Waals surface area contributed by atoms with Crippen molar-refractivity contribution in [3.63, 3.8) is 0 Å². The van der Waals surface area contributed by atoms with Gasteiger partial charge in [-0.25, -0.2) is 4.79 Å². The summed E-state index contributed by atoms with van der Waals surface area (Å²) in [5.41, 5.74) is 0. The second-order valence-electron chi connectivity index (χ2n) is 4.96. The molecular weight excluding hydrogens is 248 g/mol. The molecule has 2 N–H and O–H groups in total. The van der Waals surface area contributed by atoms with Crippen LogP contribution in [0.3, 0.4) is 0 Å². The van der Waals surface area contributed by atoms with Crippen molar-refractivity contribution < 1.29 is 19.4 Å². The number of carbonyl (C=O) groups excluding carboxylic acids is 1. The van der Waals surface area contributed by atoms with E-state index in [-0.39, 0.29) is 31.2 Å². The van der Waals surface area contributed by atoms with E-state index in [1.165, 1.54) is 0 Å². The first kappa shape index (κ1) is 15.8. The van der Waals surface area contributed by atoms with Crippen LogP contribution in [0.25, 0.3) is 0 Å². The van der Waals surface area contributed by atoms with Gasteiger partial charge in [0.1, 0.15) is 0 Å². The molecule has 2 amide bonds. The Labute approximate surface area is 114 Å². The zero-order valence-corrected chi connectivity index (χ0v) is 11.7. The van der Waals surface area contributed by atoms with Gasteiger partial charge in [0.05, 0.1) is 19.1 Å². The number of amides is 2. The number of carboxylic acid groups (broad SMARTS) is 1. The van der Waals surface area contributed by atoms with Gasteiger partial charge in [-0.3, -0.25) is 4.79 Å². The number of nitrogens with zero attached hydrogens (tertiary/aromatic N) is 1. The van der Waals surface area contributed by atoms with Crippen molar-refractivity contribution in [3.8, 4) is 0 Å². The number of urea groups is 1. The molecule has 1 unspecified atom stereocenters. The van der Waals surface area contributed by atoms with Gasteiger partial charge < -0.3 is 20.1 Å². The monoisotopic (exact) mass is 272 g/mol. The summed E-state index contributed by atoms with van der Waals surface area (Å²) in [7, 11) is 0. The molecule has 1 heterocycles. The lowest BCUT2D eigenvalue weighted by atomic mass is 10.1. The summed E-state index contributed by atoms with van der Waals surface area (Å²) in [4.78, 5) is 24.0.